The number of imide groups is 1. The summed E-state index contributed by atoms with van der Waals surface area (Å²) in [5, 5.41) is 0. The molecule has 1 aromatic carbocycles. The molecule has 5 nitrogen and oxygen atoms in total. The van der Waals surface area contributed by atoms with Crippen molar-refractivity contribution >= 4 is 11.8 Å². The van der Waals surface area contributed by atoms with Gasteiger partial charge in [0.25, 0.3) is 11.8 Å². The lowest BCUT2D eigenvalue weighted by Crippen LogP contribution is -2.41. The van der Waals surface area contributed by atoms with Crippen molar-refractivity contribution in [1.82, 2.24) is 9.80 Å². The minimum atomic E-state index is -0.212. The van der Waals surface area contributed by atoms with Crippen LogP contribution in [0.2, 0.25) is 0 Å². The maximum absolute atomic E-state index is 12.2. The second-order valence-corrected chi connectivity index (χ2v) is 6.00. The molecule has 1 unspecified atom stereocenters. The van der Waals surface area contributed by atoms with E-state index in [1.54, 1.807) is 24.3 Å². The Balaban J connectivity index is 1.95. The van der Waals surface area contributed by atoms with Crippen LogP contribution >= 0.6 is 0 Å². The van der Waals surface area contributed by atoms with Crippen molar-refractivity contribution in [3.8, 4) is 0 Å². The van der Waals surface area contributed by atoms with E-state index in [-0.39, 0.29) is 17.9 Å². The summed E-state index contributed by atoms with van der Waals surface area (Å²) >= 11 is 0. The maximum atomic E-state index is 12.2. The van der Waals surface area contributed by atoms with Gasteiger partial charge in [0.1, 0.15) is 0 Å². The molecule has 5 heteroatoms. The number of nitrogens with zero attached hydrogens (tertiary/aromatic N) is 2. The fourth-order valence-corrected chi connectivity index (χ4v) is 2.38. The fraction of sp³-hybridized carbons (Fsp3) is 0.500. The van der Waals surface area contributed by atoms with E-state index in [4.69, 9.17) is 5.73 Å². The second-order valence-electron chi connectivity index (χ2n) is 6.00. The summed E-state index contributed by atoms with van der Waals surface area (Å²) < 4.78 is 0. The number of rotatable bonds is 6. The monoisotopic (exact) mass is 289 g/mol. The predicted molar refractivity (Wildman–Crippen MR) is 81.9 cm³/mol. The van der Waals surface area contributed by atoms with E-state index < -0.39 is 0 Å². The van der Waals surface area contributed by atoms with Gasteiger partial charge in [0.15, 0.2) is 0 Å². The molecule has 0 radical (unpaired) electrons. The molecule has 0 aromatic heterocycles. The number of carbonyl (C=O) groups is 2. The molecule has 1 heterocycles. The highest BCUT2D eigenvalue weighted by Crippen LogP contribution is 2.22. The van der Waals surface area contributed by atoms with E-state index in [1.165, 1.54) is 4.90 Å². The summed E-state index contributed by atoms with van der Waals surface area (Å²) in [6, 6.07) is 7.08. The predicted octanol–water partition coefficient (Wildman–Crippen LogP) is 1.55. The fourth-order valence-electron chi connectivity index (χ4n) is 2.38. The molecule has 0 spiro atoms. The number of carbonyl (C=O) groups excluding carboxylic acids is 2. The first-order valence-electron chi connectivity index (χ1n) is 7.31. The molecule has 0 saturated heterocycles. The van der Waals surface area contributed by atoms with Crippen molar-refractivity contribution in [3.05, 3.63) is 35.4 Å². The summed E-state index contributed by atoms with van der Waals surface area (Å²) in [4.78, 5) is 27.7. The average Bonchev–Trinajstić information content (AvgIpc) is 2.70. The minimum Gasteiger partial charge on any atom is -0.327 e. The Kier molecular flexibility index (Phi) is 4.75. The Labute approximate surface area is 125 Å². The van der Waals surface area contributed by atoms with Crippen LogP contribution in [0.1, 0.15) is 41.0 Å². The van der Waals surface area contributed by atoms with E-state index in [9.17, 15) is 9.59 Å². The Hall–Kier alpha value is -1.72. The third-order valence-electron chi connectivity index (χ3n) is 3.96. The van der Waals surface area contributed by atoms with Crippen molar-refractivity contribution in [3.63, 3.8) is 0 Å². The van der Waals surface area contributed by atoms with Crippen LogP contribution < -0.4 is 5.73 Å². The highest BCUT2D eigenvalue weighted by atomic mass is 16.2. The smallest absolute Gasteiger partial charge is 0.262 e. The van der Waals surface area contributed by atoms with Gasteiger partial charge in [0.05, 0.1) is 17.8 Å². The number of nitrogens with two attached hydrogens (primary N) is 1. The van der Waals surface area contributed by atoms with Crippen LogP contribution in [0.4, 0.5) is 0 Å². The summed E-state index contributed by atoms with van der Waals surface area (Å²) in [7, 11) is 1.90. The SMILES string of the molecule is CC(C)C(N)CCN(C)CN1C(=O)c2ccccc2C1=O. The highest BCUT2D eigenvalue weighted by Gasteiger charge is 2.35. The molecule has 2 amide bonds. The Bertz CT molecular complexity index is 507. The third kappa shape index (κ3) is 3.31. The lowest BCUT2D eigenvalue weighted by atomic mass is 10.0. The maximum Gasteiger partial charge on any atom is 0.262 e. The van der Waals surface area contributed by atoms with Crippen LogP contribution in [0.25, 0.3) is 0 Å². The third-order valence-corrected chi connectivity index (χ3v) is 3.96. The molecule has 2 N–H and O–H groups in total. The van der Waals surface area contributed by atoms with Crippen molar-refractivity contribution in [2.45, 2.75) is 26.3 Å². The number of hydrogen-bond acceptors (Lipinski definition) is 4. The average molecular weight is 289 g/mol. The second kappa shape index (κ2) is 6.37. The highest BCUT2D eigenvalue weighted by molar-refractivity contribution is 6.21. The van der Waals surface area contributed by atoms with Crippen LogP contribution in [0.5, 0.6) is 0 Å². The van der Waals surface area contributed by atoms with Gasteiger partial charge in [0, 0.05) is 12.6 Å². The standard InChI is InChI=1S/C16H23N3O2/c1-11(2)14(17)8-9-18(3)10-19-15(20)12-6-4-5-7-13(12)16(19)21/h4-7,11,14H,8-10,17H2,1-3H3. The molecule has 114 valence electrons. The van der Waals surface area contributed by atoms with Gasteiger partial charge in [-0.1, -0.05) is 26.0 Å². The molecular formula is C16H23N3O2. The molecule has 2 rings (SSSR count). The molecule has 1 aromatic rings. The molecule has 0 saturated carbocycles. The lowest BCUT2D eigenvalue weighted by molar-refractivity contribution is 0.0562. The number of amides is 2. The molecule has 0 aliphatic carbocycles. The molecule has 1 aliphatic heterocycles. The molecule has 1 atom stereocenters. The summed E-state index contributed by atoms with van der Waals surface area (Å²) in [6.07, 6.45) is 0.845. The first kappa shape index (κ1) is 15.7. The quantitative estimate of drug-likeness (QED) is 0.807. The first-order chi connectivity index (χ1) is 9.91. The zero-order chi connectivity index (χ0) is 15.6. The van der Waals surface area contributed by atoms with Crippen LogP contribution in [0, 0.1) is 5.92 Å². The Morgan fingerprint density at radius 3 is 2.14 bits per heavy atom. The first-order valence-corrected chi connectivity index (χ1v) is 7.31. The largest absolute Gasteiger partial charge is 0.327 e. The Morgan fingerprint density at radius 2 is 1.67 bits per heavy atom. The van der Waals surface area contributed by atoms with Gasteiger partial charge >= 0.3 is 0 Å². The van der Waals surface area contributed by atoms with E-state index in [0.29, 0.717) is 23.7 Å². The van der Waals surface area contributed by atoms with Gasteiger partial charge in [-0.25, -0.2) is 0 Å². The van der Waals surface area contributed by atoms with Crippen molar-refractivity contribution in [2.75, 3.05) is 20.3 Å². The lowest BCUT2D eigenvalue weighted by Gasteiger charge is -2.25. The van der Waals surface area contributed by atoms with Crippen molar-refractivity contribution in [1.29, 1.82) is 0 Å². The normalized spacial score (nSPS) is 16.0. The molecular weight excluding hydrogens is 266 g/mol. The summed E-state index contributed by atoms with van der Waals surface area (Å²) in [6.45, 7) is 5.24. The zero-order valence-corrected chi connectivity index (χ0v) is 12.9. The van der Waals surface area contributed by atoms with Crippen molar-refractivity contribution < 1.29 is 9.59 Å². The van der Waals surface area contributed by atoms with Crippen molar-refractivity contribution in [2.24, 2.45) is 11.7 Å². The number of fused-ring (bicyclic) bond motifs is 1. The van der Waals surface area contributed by atoms with Crippen LogP contribution in [-0.2, 0) is 0 Å². The van der Waals surface area contributed by atoms with Gasteiger partial charge in [-0.3, -0.25) is 19.4 Å². The van der Waals surface area contributed by atoms with Gasteiger partial charge < -0.3 is 5.73 Å². The Morgan fingerprint density at radius 1 is 1.14 bits per heavy atom. The summed E-state index contributed by atoms with van der Waals surface area (Å²) in [5.74, 6) is 0.00363. The van der Waals surface area contributed by atoms with E-state index in [0.717, 1.165) is 13.0 Å². The van der Waals surface area contributed by atoms with Crippen LogP contribution in [0.15, 0.2) is 24.3 Å². The molecule has 0 fully saturated rings. The summed E-state index contributed by atoms with van der Waals surface area (Å²) in [5.41, 5.74) is 7.01. The molecule has 1 aliphatic rings. The van der Waals surface area contributed by atoms with E-state index in [1.807, 2.05) is 11.9 Å². The number of hydrogen-bond donors (Lipinski definition) is 1. The molecule has 0 bridgehead atoms. The van der Waals surface area contributed by atoms with E-state index >= 15 is 0 Å². The van der Waals surface area contributed by atoms with Crippen LogP contribution in [0.3, 0.4) is 0 Å². The molecule has 21 heavy (non-hydrogen) atoms. The van der Waals surface area contributed by atoms with Gasteiger partial charge in [-0.15, -0.1) is 0 Å². The van der Waals surface area contributed by atoms with E-state index in [2.05, 4.69) is 13.8 Å². The minimum absolute atomic E-state index is 0.134. The van der Waals surface area contributed by atoms with Gasteiger partial charge in [-0.2, -0.15) is 0 Å². The zero-order valence-electron chi connectivity index (χ0n) is 12.9. The number of benzene rings is 1. The van der Waals surface area contributed by atoms with Crippen LogP contribution in [-0.4, -0.2) is 47.9 Å². The van der Waals surface area contributed by atoms with Gasteiger partial charge in [0.2, 0.25) is 0 Å². The van der Waals surface area contributed by atoms with Gasteiger partial charge in [-0.05, 0) is 31.5 Å². The topological polar surface area (TPSA) is 66.6 Å².